The van der Waals surface area contributed by atoms with E-state index in [0.29, 0.717) is 12.8 Å². The molecule has 7 nitrogen and oxygen atoms in total. The second-order valence-corrected chi connectivity index (χ2v) is 8.59. The molecule has 3 N–H and O–H groups in total. The van der Waals surface area contributed by atoms with E-state index in [0.717, 1.165) is 0 Å². The molecule has 1 aliphatic heterocycles. The fourth-order valence-corrected chi connectivity index (χ4v) is 3.42. The van der Waals surface area contributed by atoms with E-state index in [4.69, 9.17) is 4.84 Å². The van der Waals surface area contributed by atoms with Gasteiger partial charge >= 0.3 is 0 Å². The van der Waals surface area contributed by atoms with Crippen molar-refractivity contribution in [2.75, 3.05) is 13.2 Å². The van der Waals surface area contributed by atoms with E-state index in [1.165, 1.54) is 6.92 Å². The molecule has 0 bridgehead atoms. The molecule has 0 aromatic rings. The molecule has 24 heavy (non-hydrogen) atoms. The normalized spacial score (nSPS) is 21.3. The molecule has 0 atom stereocenters. The van der Waals surface area contributed by atoms with Gasteiger partial charge in [-0.05, 0) is 54.4 Å². The monoisotopic (exact) mass is 343 g/mol. The zero-order chi connectivity index (χ0) is 18.8. The summed E-state index contributed by atoms with van der Waals surface area (Å²) in [5, 5.41) is 17.4. The van der Waals surface area contributed by atoms with E-state index < -0.39 is 5.60 Å². The Kier molecular flexibility index (Phi) is 6.41. The van der Waals surface area contributed by atoms with Gasteiger partial charge < -0.3 is 15.7 Å². The predicted molar refractivity (Wildman–Crippen MR) is 92.1 cm³/mol. The van der Waals surface area contributed by atoms with Crippen molar-refractivity contribution in [3.63, 3.8) is 0 Å². The lowest BCUT2D eigenvalue weighted by atomic mass is 9.79. The van der Waals surface area contributed by atoms with Crippen LogP contribution in [-0.4, -0.2) is 57.9 Å². The average Bonchev–Trinajstić information content (AvgIpc) is 2.31. The molecular formula is C17H33N3O4. The smallest absolute Gasteiger partial charge is 0.239 e. The summed E-state index contributed by atoms with van der Waals surface area (Å²) in [5.74, 6) is -0.409. The van der Waals surface area contributed by atoms with Crippen LogP contribution in [0.25, 0.3) is 0 Å². The van der Waals surface area contributed by atoms with Gasteiger partial charge in [0.05, 0.1) is 18.8 Å². The number of hydrogen-bond acceptors (Lipinski definition) is 5. The van der Waals surface area contributed by atoms with Crippen molar-refractivity contribution >= 4 is 11.8 Å². The third-order valence-corrected chi connectivity index (χ3v) is 4.00. The number of nitrogens with one attached hydrogen (secondary N) is 2. The molecule has 0 unspecified atom stereocenters. The summed E-state index contributed by atoms with van der Waals surface area (Å²) < 4.78 is 0. The molecule has 1 rings (SSSR count). The van der Waals surface area contributed by atoms with Crippen LogP contribution in [-0.2, 0) is 14.4 Å². The molecule has 0 aromatic heterocycles. The highest BCUT2D eigenvalue weighted by atomic mass is 16.7. The van der Waals surface area contributed by atoms with E-state index in [1.807, 2.05) is 5.06 Å². The number of hydrogen-bond donors (Lipinski definition) is 3. The van der Waals surface area contributed by atoms with E-state index in [1.54, 1.807) is 13.8 Å². The van der Waals surface area contributed by atoms with Crippen molar-refractivity contribution in [3.05, 3.63) is 0 Å². The molecule has 1 fully saturated rings. The number of aliphatic hydroxyl groups is 1. The van der Waals surface area contributed by atoms with Gasteiger partial charge in [0, 0.05) is 24.0 Å². The summed E-state index contributed by atoms with van der Waals surface area (Å²) in [6, 6.07) is -0.00163. The highest BCUT2D eigenvalue weighted by Gasteiger charge is 2.47. The summed E-state index contributed by atoms with van der Waals surface area (Å²) in [6.45, 7) is 13.3. The van der Waals surface area contributed by atoms with Crippen LogP contribution in [0.1, 0.15) is 61.3 Å². The van der Waals surface area contributed by atoms with E-state index >= 15 is 0 Å². The van der Waals surface area contributed by atoms with Crippen LogP contribution in [0, 0.1) is 0 Å². The highest BCUT2D eigenvalue weighted by Crippen LogP contribution is 2.38. The first-order valence-electron chi connectivity index (χ1n) is 8.42. The Morgan fingerprint density at radius 3 is 2.12 bits per heavy atom. The minimum atomic E-state index is -0.907. The maximum atomic E-state index is 12.0. The Hall–Kier alpha value is -1.18. The Morgan fingerprint density at radius 1 is 1.21 bits per heavy atom. The van der Waals surface area contributed by atoms with Crippen molar-refractivity contribution in [2.45, 2.75) is 84.0 Å². The molecule has 0 radical (unpaired) electrons. The van der Waals surface area contributed by atoms with Gasteiger partial charge in [-0.2, -0.15) is 5.06 Å². The predicted octanol–water partition coefficient (Wildman–Crippen LogP) is 0.963. The van der Waals surface area contributed by atoms with Gasteiger partial charge in [-0.1, -0.05) is 0 Å². The molecule has 0 spiro atoms. The number of carbonyl (C=O) groups excluding carboxylic acids is 2. The topological polar surface area (TPSA) is 90.9 Å². The number of carbonyl (C=O) groups is 2. The zero-order valence-corrected chi connectivity index (χ0v) is 16.0. The molecule has 0 aliphatic carbocycles. The van der Waals surface area contributed by atoms with Crippen LogP contribution in [0.3, 0.4) is 0 Å². The number of nitrogens with zero attached hydrogens (tertiary/aromatic N) is 1. The zero-order valence-electron chi connectivity index (χ0n) is 16.0. The third-order valence-electron chi connectivity index (χ3n) is 4.00. The first kappa shape index (κ1) is 20.9. The largest absolute Gasteiger partial charge is 0.388 e. The van der Waals surface area contributed by atoms with Gasteiger partial charge in [-0.3, -0.25) is 14.4 Å². The van der Waals surface area contributed by atoms with Crippen molar-refractivity contribution in [2.24, 2.45) is 0 Å². The van der Waals surface area contributed by atoms with Crippen molar-refractivity contribution < 1.29 is 19.5 Å². The van der Waals surface area contributed by atoms with Crippen LogP contribution in [0.4, 0.5) is 0 Å². The third kappa shape index (κ3) is 6.37. The van der Waals surface area contributed by atoms with Crippen LogP contribution in [0.2, 0.25) is 0 Å². The van der Waals surface area contributed by atoms with E-state index in [-0.39, 0.29) is 42.1 Å². The lowest BCUT2D eigenvalue weighted by Crippen LogP contribution is -2.64. The minimum absolute atomic E-state index is 0.00163. The maximum Gasteiger partial charge on any atom is 0.239 e. The van der Waals surface area contributed by atoms with Crippen LogP contribution < -0.4 is 10.6 Å². The fraction of sp³-hybridized carbons (Fsp3) is 0.882. The molecule has 2 amide bonds. The lowest BCUT2D eigenvalue weighted by Gasteiger charge is -2.54. The Labute approximate surface area is 145 Å². The first-order valence-corrected chi connectivity index (χ1v) is 8.42. The lowest BCUT2D eigenvalue weighted by molar-refractivity contribution is -0.299. The SMILES string of the molecule is CC(=O)NCC(=O)NC1CC(C)(C)N(OCC(C)(C)O)C(C)(C)C1. The highest BCUT2D eigenvalue weighted by molar-refractivity contribution is 5.83. The number of piperidine rings is 1. The van der Waals surface area contributed by atoms with Crippen molar-refractivity contribution in [3.8, 4) is 0 Å². The minimum Gasteiger partial charge on any atom is -0.388 e. The maximum absolute atomic E-state index is 12.0. The van der Waals surface area contributed by atoms with Crippen LogP contribution in [0.15, 0.2) is 0 Å². The van der Waals surface area contributed by atoms with Gasteiger partial charge in [-0.15, -0.1) is 0 Å². The molecular weight excluding hydrogens is 310 g/mol. The molecule has 0 saturated carbocycles. The Balaban J connectivity index is 2.72. The number of rotatable bonds is 6. The fourth-order valence-electron chi connectivity index (χ4n) is 3.42. The van der Waals surface area contributed by atoms with Crippen molar-refractivity contribution in [1.82, 2.24) is 15.7 Å². The van der Waals surface area contributed by atoms with E-state index in [2.05, 4.69) is 38.3 Å². The van der Waals surface area contributed by atoms with Crippen LogP contribution >= 0.6 is 0 Å². The molecule has 0 aromatic carbocycles. The summed E-state index contributed by atoms with van der Waals surface area (Å²) in [4.78, 5) is 28.8. The number of amides is 2. The average molecular weight is 343 g/mol. The standard InChI is InChI=1S/C17H33N3O4/c1-12(21)18-10-14(22)19-13-8-15(2,3)20(16(4,5)9-13)24-11-17(6,7)23/h13,23H,8-11H2,1-7H3,(H,18,21)(H,19,22). The van der Waals surface area contributed by atoms with Crippen molar-refractivity contribution in [1.29, 1.82) is 0 Å². The van der Waals surface area contributed by atoms with Gasteiger partial charge in [-0.25, -0.2) is 0 Å². The summed E-state index contributed by atoms with van der Waals surface area (Å²) >= 11 is 0. The molecule has 7 heteroatoms. The number of hydroxylamine groups is 2. The van der Waals surface area contributed by atoms with Gasteiger partial charge in [0.1, 0.15) is 0 Å². The summed E-state index contributed by atoms with van der Waals surface area (Å²) in [5.41, 5.74) is -1.52. The molecule has 1 aliphatic rings. The van der Waals surface area contributed by atoms with Crippen LogP contribution in [0.5, 0.6) is 0 Å². The molecule has 1 saturated heterocycles. The second-order valence-electron chi connectivity index (χ2n) is 8.59. The molecule has 140 valence electrons. The van der Waals surface area contributed by atoms with Gasteiger partial charge in [0.25, 0.3) is 0 Å². The Bertz CT molecular complexity index is 451. The van der Waals surface area contributed by atoms with Gasteiger partial charge in [0.15, 0.2) is 0 Å². The summed E-state index contributed by atoms with van der Waals surface area (Å²) in [7, 11) is 0. The first-order chi connectivity index (χ1) is 10.7. The molecule has 1 heterocycles. The van der Waals surface area contributed by atoms with Gasteiger partial charge in [0.2, 0.25) is 11.8 Å². The summed E-state index contributed by atoms with van der Waals surface area (Å²) in [6.07, 6.45) is 1.43. The Morgan fingerprint density at radius 2 is 1.71 bits per heavy atom. The van der Waals surface area contributed by atoms with E-state index in [9.17, 15) is 14.7 Å². The second kappa shape index (κ2) is 7.37. The quantitative estimate of drug-likeness (QED) is 0.668.